The molecule has 0 aliphatic carbocycles. The van der Waals surface area contributed by atoms with Gasteiger partial charge in [0.25, 0.3) is 0 Å². The van der Waals surface area contributed by atoms with E-state index in [9.17, 15) is 14.7 Å². The summed E-state index contributed by atoms with van der Waals surface area (Å²) < 4.78 is 1.77. The van der Waals surface area contributed by atoms with Crippen molar-refractivity contribution in [2.75, 3.05) is 7.05 Å². The number of unbranched alkanes of at least 4 members (excludes halogenated alkanes) is 2. The normalized spacial score (nSPS) is 11.7. The number of benzene rings is 2. The number of carbonyl (C=O) groups excluding carboxylic acids is 1. The zero-order chi connectivity index (χ0) is 26.9. The fraction of sp³-hybridized carbons (Fsp3) is 0.310. The monoisotopic (exact) mass is 514 g/mol. The Bertz CT molecular complexity index is 1330. The molecule has 2 aromatic carbocycles. The van der Waals surface area contributed by atoms with E-state index in [1.54, 1.807) is 17.9 Å². The van der Waals surface area contributed by atoms with Crippen molar-refractivity contribution in [3.05, 3.63) is 84.4 Å². The van der Waals surface area contributed by atoms with Crippen LogP contribution < -0.4 is 5.32 Å². The summed E-state index contributed by atoms with van der Waals surface area (Å²) in [6.07, 6.45) is 6.08. The van der Waals surface area contributed by atoms with Gasteiger partial charge in [0.1, 0.15) is 5.82 Å². The minimum absolute atomic E-state index is 0.0162. The van der Waals surface area contributed by atoms with Crippen molar-refractivity contribution >= 4 is 12.0 Å². The predicted molar refractivity (Wildman–Crippen MR) is 146 cm³/mol. The van der Waals surface area contributed by atoms with Gasteiger partial charge in [0.15, 0.2) is 0 Å². The van der Waals surface area contributed by atoms with Gasteiger partial charge in [-0.25, -0.2) is 9.78 Å². The summed E-state index contributed by atoms with van der Waals surface area (Å²) >= 11 is 0. The number of nitrogens with one attached hydrogen (secondary N) is 2. The van der Waals surface area contributed by atoms with E-state index >= 15 is 0 Å². The second-order valence-corrected chi connectivity index (χ2v) is 9.32. The molecular weight excluding hydrogens is 480 g/mol. The van der Waals surface area contributed by atoms with E-state index in [0.29, 0.717) is 18.7 Å². The average molecular weight is 515 g/mol. The third-order valence-corrected chi connectivity index (χ3v) is 6.59. The Kier molecular flexibility index (Phi) is 8.92. The number of aromatic nitrogens is 4. The van der Waals surface area contributed by atoms with E-state index < -0.39 is 12.1 Å². The van der Waals surface area contributed by atoms with Gasteiger partial charge in [-0.1, -0.05) is 67.4 Å². The van der Waals surface area contributed by atoms with E-state index in [-0.39, 0.29) is 12.5 Å². The van der Waals surface area contributed by atoms with Crippen LogP contribution in [0.1, 0.15) is 49.5 Å². The maximum Gasteiger partial charge on any atom is 0.408 e. The van der Waals surface area contributed by atoms with Crippen LogP contribution in [0.25, 0.3) is 22.5 Å². The average Bonchev–Trinajstić information content (AvgIpc) is 3.60. The van der Waals surface area contributed by atoms with Crippen molar-refractivity contribution in [3.63, 3.8) is 0 Å². The highest BCUT2D eigenvalue weighted by Gasteiger charge is 2.27. The molecule has 0 aliphatic heterocycles. The Labute approximate surface area is 222 Å². The molecule has 198 valence electrons. The van der Waals surface area contributed by atoms with Crippen LogP contribution in [0.4, 0.5) is 4.79 Å². The standard InChI is InChI=1S/C29H34N6O3/c1-30-27(36)12-8-4-7-11-26(35(29(37)38)20-21-9-5-3-6-10-21)28-31-19-25(32-28)23-15-13-22(14-16-23)24-17-18-34(2)33-24/h3,5-6,9-10,13-19,26H,4,7-8,11-12,20H2,1-2H3,(H,30,36)(H,31,32)(H,37,38)/t26-/m0/s1. The van der Waals surface area contributed by atoms with E-state index in [0.717, 1.165) is 47.3 Å². The van der Waals surface area contributed by atoms with E-state index in [2.05, 4.69) is 20.4 Å². The topological polar surface area (TPSA) is 116 Å². The molecule has 0 bridgehead atoms. The summed E-state index contributed by atoms with van der Waals surface area (Å²) in [6.45, 7) is 0.258. The number of amides is 2. The van der Waals surface area contributed by atoms with Gasteiger partial charge in [-0.15, -0.1) is 0 Å². The molecule has 9 heteroatoms. The number of aryl methyl sites for hydroxylation is 1. The van der Waals surface area contributed by atoms with Crippen molar-refractivity contribution < 1.29 is 14.7 Å². The number of aromatic amines is 1. The zero-order valence-electron chi connectivity index (χ0n) is 21.8. The first-order valence-corrected chi connectivity index (χ1v) is 12.8. The van der Waals surface area contributed by atoms with Gasteiger partial charge >= 0.3 is 6.09 Å². The molecule has 0 unspecified atom stereocenters. The first kappa shape index (κ1) is 26.7. The van der Waals surface area contributed by atoms with Gasteiger partial charge in [0, 0.05) is 38.8 Å². The van der Waals surface area contributed by atoms with Crippen molar-refractivity contribution in [2.24, 2.45) is 7.05 Å². The fourth-order valence-corrected chi connectivity index (χ4v) is 4.50. The lowest BCUT2D eigenvalue weighted by Crippen LogP contribution is -2.34. The largest absolute Gasteiger partial charge is 0.465 e. The minimum Gasteiger partial charge on any atom is -0.465 e. The Morgan fingerprint density at radius 1 is 1.03 bits per heavy atom. The van der Waals surface area contributed by atoms with Crippen LogP contribution in [0, 0.1) is 0 Å². The molecule has 3 N–H and O–H groups in total. The first-order valence-electron chi connectivity index (χ1n) is 12.8. The zero-order valence-corrected chi connectivity index (χ0v) is 21.8. The highest BCUT2D eigenvalue weighted by atomic mass is 16.4. The highest BCUT2D eigenvalue weighted by molar-refractivity contribution is 5.75. The van der Waals surface area contributed by atoms with Gasteiger partial charge in [-0.05, 0) is 30.0 Å². The Morgan fingerprint density at radius 3 is 2.42 bits per heavy atom. The van der Waals surface area contributed by atoms with Crippen LogP contribution in [0.5, 0.6) is 0 Å². The molecule has 0 aliphatic rings. The molecule has 2 aromatic heterocycles. The van der Waals surface area contributed by atoms with Crippen molar-refractivity contribution in [2.45, 2.75) is 44.7 Å². The SMILES string of the molecule is CNC(=O)CCCCC[C@@H](c1ncc(-c2ccc(-c3ccn(C)n3)cc2)[nH]1)N(Cc1ccccc1)C(=O)O. The molecule has 2 heterocycles. The first-order chi connectivity index (χ1) is 18.4. The number of imidazole rings is 1. The van der Waals surface area contributed by atoms with E-state index in [1.165, 1.54) is 4.90 Å². The lowest BCUT2D eigenvalue weighted by Gasteiger charge is -2.28. The summed E-state index contributed by atoms with van der Waals surface area (Å²) in [7, 11) is 3.52. The summed E-state index contributed by atoms with van der Waals surface area (Å²) in [5.74, 6) is 0.626. The van der Waals surface area contributed by atoms with Crippen LogP contribution in [0.15, 0.2) is 73.1 Å². The van der Waals surface area contributed by atoms with Crippen molar-refractivity contribution in [1.82, 2.24) is 30.0 Å². The molecule has 0 fully saturated rings. The molecular formula is C29H34N6O3. The maximum absolute atomic E-state index is 12.4. The Hall–Kier alpha value is -4.40. The molecule has 0 radical (unpaired) electrons. The number of hydrogen-bond acceptors (Lipinski definition) is 4. The number of rotatable bonds is 12. The number of nitrogens with zero attached hydrogens (tertiary/aromatic N) is 4. The smallest absolute Gasteiger partial charge is 0.408 e. The predicted octanol–water partition coefficient (Wildman–Crippen LogP) is 5.40. The third-order valence-electron chi connectivity index (χ3n) is 6.59. The minimum atomic E-state index is -0.998. The van der Waals surface area contributed by atoms with Crippen LogP contribution in [-0.4, -0.2) is 48.8 Å². The lowest BCUT2D eigenvalue weighted by molar-refractivity contribution is -0.120. The van der Waals surface area contributed by atoms with Gasteiger partial charge < -0.3 is 15.4 Å². The maximum atomic E-state index is 12.4. The van der Waals surface area contributed by atoms with E-state index in [1.807, 2.05) is 73.9 Å². The van der Waals surface area contributed by atoms with Crippen LogP contribution in [-0.2, 0) is 18.4 Å². The van der Waals surface area contributed by atoms with Crippen LogP contribution in [0.2, 0.25) is 0 Å². The number of carbonyl (C=O) groups is 2. The molecule has 0 saturated carbocycles. The van der Waals surface area contributed by atoms with Gasteiger partial charge in [0.05, 0.1) is 23.6 Å². The van der Waals surface area contributed by atoms with Gasteiger partial charge in [-0.3, -0.25) is 14.4 Å². The summed E-state index contributed by atoms with van der Waals surface area (Å²) in [6, 6.07) is 19.1. The summed E-state index contributed by atoms with van der Waals surface area (Å²) in [5, 5.41) is 17.3. The molecule has 0 saturated heterocycles. The van der Waals surface area contributed by atoms with Crippen molar-refractivity contribution in [1.29, 1.82) is 0 Å². The summed E-state index contributed by atoms with van der Waals surface area (Å²) in [4.78, 5) is 33.4. The highest BCUT2D eigenvalue weighted by Crippen LogP contribution is 2.30. The quantitative estimate of drug-likeness (QED) is 0.219. The van der Waals surface area contributed by atoms with Gasteiger partial charge in [0.2, 0.25) is 5.91 Å². The van der Waals surface area contributed by atoms with Crippen LogP contribution >= 0.6 is 0 Å². The third kappa shape index (κ3) is 6.88. The fourth-order valence-electron chi connectivity index (χ4n) is 4.50. The second kappa shape index (κ2) is 12.7. The number of carboxylic acid groups (broad SMARTS) is 1. The lowest BCUT2D eigenvalue weighted by atomic mass is 10.0. The number of H-pyrrole nitrogens is 1. The molecule has 2 amide bonds. The second-order valence-electron chi connectivity index (χ2n) is 9.32. The summed E-state index contributed by atoms with van der Waals surface area (Å²) in [5.41, 5.74) is 4.61. The Morgan fingerprint density at radius 2 is 1.76 bits per heavy atom. The Balaban J connectivity index is 1.53. The van der Waals surface area contributed by atoms with Crippen molar-refractivity contribution in [3.8, 4) is 22.5 Å². The molecule has 4 aromatic rings. The number of hydrogen-bond donors (Lipinski definition) is 3. The van der Waals surface area contributed by atoms with Crippen LogP contribution in [0.3, 0.4) is 0 Å². The molecule has 38 heavy (non-hydrogen) atoms. The van der Waals surface area contributed by atoms with Gasteiger partial charge in [-0.2, -0.15) is 5.10 Å². The van der Waals surface area contributed by atoms with E-state index in [4.69, 9.17) is 0 Å². The molecule has 0 spiro atoms. The molecule has 9 nitrogen and oxygen atoms in total. The molecule has 1 atom stereocenters. The molecule has 4 rings (SSSR count).